The number of hydrogen-bond donors (Lipinski definition) is 1. The molecule has 3 saturated carbocycles. The molecule has 1 aromatic carbocycles. The Morgan fingerprint density at radius 2 is 1.76 bits per heavy atom. The Kier molecular flexibility index (Phi) is 5.03. The van der Waals surface area contributed by atoms with Crippen LogP contribution in [-0.2, 0) is 34.2 Å². The van der Waals surface area contributed by atoms with Gasteiger partial charge in [0, 0.05) is 35.8 Å². The molecule has 7 aliphatic rings. The van der Waals surface area contributed by atoms with E-state index < -0.39 is 27.8 Å². The predicted octanol–water partition coefficient (Wildman–Crippen LogP) is 4.75. The average molecular weight is 575 g/mol. The van der Waals surface area contributed by atoms with Crippen molar-refractivity contribution in [1.82, 2.24) is 5.32 Å². The lowest BCUT2D eigenvalue weighted by molar-refractivity contribution is -0.241. The molecule has 4 heterocycles. The van der Waals surface area contributed by atoms with Crippen LogP contribution in [0.1, 0.15) is 85.6 Å². The SMILES string of the molecule is CC(=O)O[C@H]1C[C@H]2C(C)(C)OC(=O)C=C[C@]2(C)[C@H]2CC[C@]3(C)O[C@@]4(C[C@H]3[C@]12C)c1ccccc1N1C(=O)C2(CC2)N[C@@H]14. The van der Waals surface area contributed by atoms with Crippen LogP contribution in [-0.4, -0.2) is 46.9 Å². The standard InChI is InChI=1S/C34H42N2O6/c1-19(37)40-25-17-23-29(2,3)41-26(38)12-13-30(23,4)22-11-14-31(5)24(32(22,25)6)18-34(42-31)20-9-7-8-10-21(20)36-27(34)35-33(15-16-33)28(36)39/h7-10,12-13,22-25,27,35H,11,14-18H2,1-6H3/t22-,23+,24-,25+,27+,30-,31+,32-,34+/m1/s1. The zero-order valence-corrected chi connectivity index (χ0v) is 25.5. The van der Waals surface area contributed by atoms with Crippen molar-refractivity contribution in [1.29, 1.82) is 0 Å². The molecule has 8 heteroatoms. The number of carbonyl (C=O) groups is 3. The second kappa shape index (κ2) is 7.86. The highest BCUT2D eigenvalue weighted by atomic mass is 16.6. The molecule has 224 valence electrons. The Balaban J connectivity index is 1.28. The molecule has 8 rings (SSSR count). The Hall–Kier alpha value is -2.71. The first-order valence-electron chi connectivity index (χ1n) is 15.7. The minimum Gasteiger partial charge on any atom is -0.462 e. The molecule has 1 aromatic rings. The maximum Gasteiger partial charge on any atom is 0.330 e. The van der Waals surface area contributed by atoms with Gasteiger partial charge in [0.2, 0.25) is 5.91 Å². The first-order valence-corrected chi connectivity index (χ1v) is 15.7. The summed E-state index contributed by atoms with van der Waals surface area (Å²) in [6.45, 7) is 12.3. The summed E-state index contributed by atoms with van der Waals surface area (Å²) in [5.74, 6) is -0.315. The Bertz CT molecular complexity index is 1470. The van der Waals surface area contributed by atoms with Gasteiger partial charge >= 0.3 is 11.9 Å². The summed E-state index contributed by atoms with van der Waals surface area (Å²) < 4.78 is 19.7. The molecule has 9 atom stereocenters. The molecule has 42 heavy (non-hydrogen) atoms. The van der Waals surface area contributed by atoms with Gasteiger partial charge in [-0.2, -0.15) is 0 Å². The van der Waals surface area contributed by atoms with Crippen molar-refractivity contribution < 1.29 is 28.6 Å². The summed E-state index contributed by atoms with van der Waals surface area (Å²) in [5.41, 5.74) is -1.15. The third-order valence-corrected chi connectivity index (χ3v) is 12.9. The second-order valence-electron chi connectivity index (χ2n) is 15.4. The number of nitrogens with one attached hydrogen (secondary N) is 1. The molecular formula is C34H42N2O6. The van der Waals surface area contributed by atoms with Crippen LogP contribution in [0.3, 0.4) is 0 Å². The lowest BCUT2D eigenvalue weighted by Crippen LogP contribution is -2.66. The summed E-state index contributed by atoms with van der Waals surface area (Å²) >= 11 is 0. The van der Waals surface area contributed by atoms with E-state index in [9.17, 15) is 14.4 Å². The van der Waals surface area contributed by atoms with Gasteiger partial charge in [0.25, 0.3) is 0 Å². The minimum absolute atomic E-state index is 0.0256. The van der Waals surface area contributed by atoms with Crippen LogP contribution in [0.4, 0.5) is 5.69 Å². The largest absolute Gasteiger partial charge is 0.462 e. The molecule has 0 aromatic heterocycles. The molecule has 5 fully saturated rings. The van der Waals surface area contributed by atoms with E-state index in [2.05, 4.69) is 44.3 Å². The van der Waals surface area contributed by atoms with Crippen molar-refractivity contribution >= 4 is 23.5 Å². The van der Waals surface area contributed by atoms with Crippen molar-refractivity contribution in [3.05, 3.63) is 42.0 Å². The molecule has 4 aliphatic heterocycles. The fourth-order valence-corrected chi connectivity index (χ4v) is 11.1. The van der Waals surface area contributed by atoms with Gasteiger partial charge in [0.1, 0.15) is 29.0 Å². The smallest absolute Gasteiger partial charge is 0.330 e. The molecule has 2 spiro atoms. The highest BCUT2D eigenvalue weighted by Crippen LogP contribution is 2.73. The van der Waals surface area contributed by atoms with Crippen LogP contribution in [0.5, 0.6) is 0 Å². The maximum absolute atomic E-state index is 13.8. The average Bonchev–Trinajstić information content (AvgIpc) is 3.48. The van der Waals surface area contributed by atoms with E-state index in [-0.39, 0.29) is 53.3 Å². The quantitative estimate of drug-likeness (QED) is 0.484. The number of para-hydroxylation sites is 1. The number of allylic oxidation sites excluding steroid dienone is 1. The molecule has 0 bridgehead atoms. The first-order chi connectivity index (χ1) is 19.7. The van der Waals surface area contributed by atoms with E-state index in [0.717, 1.165) is 36.9 Å². The third-order valence-electron chi connectivity index (χ3n) is 12.9. The van der Waals surface area contributed by atoms with Crippen LogP contribution in [0.15, 0.2) is 36.4 Å². The van der Waals surface area contributed by atoms with Crippen LogP contribution in [0.25, 0.3) is 0 Å². The Labute approximate surface area is 247 Å². The van der Waals surface area contributed by atoms with Crippen molar-refractivity contribution in [3.63, 3.8) is 0 Å². The Morgan fingerprint density at radius 1 is 1.02 bits per heavy atom. The van der Waals surface area contributed by atoms with Crippen LogP contribution in [0, 0.1) is 28.6 Å². The van der Waals surface area contributed by atoms with Crippen LogP contribution < -0.4 is 10.2 Å². The van der Waals surface area contributed by atoms with E-state index in [1.54, 1.807) is 6.08 Å². The number of ether oxygens (including phenoxy) is 3. The molecule has 2 saturated heterocycles. The van der Waals surface area contributed by atoms with E-state index in [4.69, 9.17) is 14.2 Å². The number of hydrogen-bond acceptors (Lipinski definition) is 7. The summed E-state index contributed by atoms with van der Waals surface area (Å²) in [7, 11) is 0. The zero-order chi connectivity index (χ0) is 29.7. The van der Waals surface area contributed by atoms with E-state index >= 15 is 0 Å². The van der Waals surface area contributed by atoms with Crippen LogP contribution >= 0.6 is 0 Å². The van der Waals surface area contributed by atoms with Crippen molar-refractivity contribution in [2.24, 2.45) is 28.6 Å². The summed E-state index contributed by atoms with van der Waals surface area (Å²) in [6, 6.07) is 8.23. The minimum atomic E-state index is -0.721. The van der Waals surface area contributed by atoms with Gasteiger partial charge in [0.05, 0.1) is 11.3 Å². The lowest BCUT2D eigenvalue weighted by Gasteiger charge is -2.65. The molecule has 0 radical (unpaired) electrons. The van der Waals surface area contributed by atoms with Gasteiger partial charge in [-0.15, -0.1) is 0 Å². The number of anilines is 1. The molecule has 3 aliphatic carbocycles. The fraction of sp³-hybridized carbons (Fsp3) is 0.676. The predicted molar refractivity (Wildman–Crippen MR) is 154 cm³/mol. The Morgan fingerprint density at radius 3 is 2.48 bits per heavy atom. The van der Waals surface area contributed by atoms with E-state index in [0.29, 0.717) is 12.8 Å². The number of carbonyl (C=O) groups excluding carboxylic acids is 3. The van der Waals surface area contributed by atoms with Gasteiger partial charge in [0.15, 0.2) is 0 Å². The normalized spacial score (nSPS) is 46.8. The molecule has 1 amide bonds. The number of fused-ring (bicyclic) bond motifs is 10. The molecule has 0 unspecified atom stereocenters. The van der Waals surface area contributed by atoms with E-state index in [1.165, 1.54) is 6.92 Å². The maximum atomic E-state index is 13.8. The van der Waals surface area contributed by atoms with Crippen LogP contribution in [0.2, 0.25) is 0 Å². The second-order valence-corrected chi connectivity index (χ2v) is 15.4. The number of benzene rings is 1. The monoisotopic (exact) mass is 574 g/mol. The first kappa shape index (κ1) is 26.9. The third kappa shape index (κ3) is 3.08. The van der Waals surface area contributed by atoms with Gasteiger partial charge < -0.3 is 14.2 Å². The van der Waals surface area contributed by atoms with Crippen molar-refractivity contribution in [2.45, 2.75) is 115 Å². The topological polar surface area (TPSA) is 94.2 Å². The molecule has 1 N–H and O–H groups in total. The summed E-state index contributed by atoms with van der Waals surface area (Å²) in [5, 5.41) is 3.77. The van der Waals surface area contributed by atoms with Gasteiger partial charge in [-0.3, -0.25) is 19.8 Å². The number of rotatable bonds is 1. The number of nitrogens with zero attached hydrogens (tertiary/aromatic N) is 1. The highest BCUT2D eigenvalue weighted by Gasteiger charge is 2.76. The summed E-state index contributed by atoms with van der Waals surface area (Å²) in [4.78, 5) is 41.2. The van der Waals surface area contributed by atoms with Crippen molar-refractivity contribution in [2.75, 3.05) is 4.90 Å². The molecular weight excluding hydrogens is 532 g/mol. The van der Waals surface area contributed by atoms with E-state index in [1.807, 2.05) is 30.9 Å². The number of esters is 2. The van der Waals surface area contributed by atoms with Crippen molar-refractivity contribution in [3.8, 4) is 0 Å². The highest BCUT2D eigenvalue weighted by molar-refractivity contribution is 6.07. The zero-order valence-electron chi connectivity index (χ0n) is 25.5. The molecule has 8 nitrogen and oxygen atoms in total. The van der Waals surface area contributed by atoms with Gasteiger partial charge in [-0.05, 0) is 76.7 Å². The number of cyclic esters (lactones) is 1. The van der Waals surface area contributed by atoms with Gasteiger partial charge in [-0.1, -0.05) is 38.1 Å². The number of amides is 1. The van der Waals surface area contributed by atoms with Gasteiger partial charge in [-0.25, -0.2) is 4.79 Å². The lowest BCUT2D eigenvalue weighted by atomic mass is 9.40. The summed E-state index contributed by atoms with van der Waals surface area (Å²) in [6.07, 6.45) is 7.80. The fourth-order valence-electron chi connectivity index (χ4n) is 11.1.